The molecular weight excluding hydrogens is 446 g/mol. The predicted octanol–water partition coefficient (Wildman–Crippen LogP) is 3.55. The van der Waals surface area contributed by atoms with Crippen LogP contribution in [0.5, 0.6) is 28.7 Å². The van der Waals surface area contributed by atoms with Crippen molar-refractivity contribution in [3.8, 4) is 28.7 Å². The van der Waals surface area contributed by atoms with Gasteiger partial charge in [0.25, 0.3) is 0 Å². The van der Waals surface area contributed by atoms with Crippen LogP contribution in [0, 0.1) is 0 Å². The lowest BCUT2D eigenvalue weighted by Crippen LogP contribution is -2.06. The predicted molar refractivity (Wildman–Crippen MR) is 107 cm³/mol. The third-order valence-electron chi connectivity index (χ3n) is 4.29. The van der Waals surface area contributed by atoms with Crippen LogP contribution in [0.2, 0.25) is 0 Å². The number of esters is 1. The molecule has 150 valence electrons. The Kier molecular flexibility index (Phi) is 5.06. The maximum Gasteiger partial charge on any atom is 0.363 e. The van der Waals surface area contributed by atoms with Crippen molar-refractivity contribution in [3.05, 3.63) is 45.6 Å². The van der Waals surface area contributed by atoms with Gasteiger partial charge in [0.2, 0.25) is 18.4 Å². The summed E-state index contributed by atoms with van der Waals surface area (Å²) < 4.78 is 32.8. The summed E-state index contributed by atoms with van der Waals surface area (Å²) >= 11 is 3.43. The highest BCUT2D eigenvalue weighted by molar-refractivity contribution is 9.10. The van der Waals surface area contributed by atoms with E-state index in [9.17, 15) is 4.79 Å². The van der Waals surface area contributed by atoms with Crippen LogP contribution in [0.15, 0.2) is 39.4 Å². The van der Waals surface area contributed by atoms with Gasteiger partial charge in [-0.3, -0.25) is 0 Å². The van der Waals surface area contributed by atoms with Crippen molar-refractivity contribution < 1.29 is 33.2 Å². The van der Waals surface area contributed by atoms with Gasteiger partial charge in [-0.05, 0) is 51.8 Å². The molecule has 0 spiro atoms. The number of cyclic esters (lactones) is 1. The molecule has 9 heteroatoms. The van der Waals surface area contributed by atoms with Crippen LogP contribution in [0.3, 0.4) is 0 Å². The quantitative estimate of drug-likeness (QED) is 0.497. The van der Waals surface area contributed by atoms with E-state index in [2.05, 4.69) is 20.9 Å². The minimum absolute atomic E-state index is 0.139. The summed E-state index contributed by atoms with van der Waals surface area (Å²) in [5.41, 5.74) is 1.38. The highest BCUT2D eigenvalue weighted by Crippen LogP contribution is 2.41. The van der Waals surface area contributed by atoms with Crippen molar-refractivity contribution in [1.29, 1.82) is 0 Å². The number of benzene rings is 2. The summed E-state index contributed by atoms with van der Waals surface area (Å²) in [4.78, 5) is 16.7. The van der Waals surface area contributed by atoms with E-state index < -0.39 is 5.97 Å². The molecule has 4 rings (SSSR count). The van der Waals surface area contributed by atoms with Gasteiger partial charge in [0, 0.05) is 5.56 Å². The number of fused-ring (bicyclic) bond motifs is 1. The summed E-state index contributed by atoms with van der Waals surface area (Å²) in [7, 11) is 4.52. The first-order valence-electron chi connectivity index (χ1n) is 8.46. The Morgan fingerprint density at radius 3 is 2.41 bits per heavy atom. The van der Waals surface area contributed by atoms with E-state index in [1.807, 2.05) is 0 Å². The average Bonchev–Trinajstić information content (AvgIpc) is 3.34. The first-order valence-corrected chi connectivity index (χ1v) is 9.25. The van der Waals surface area contributed by atoms with E-state index in [-0.39, 0.29) is 18.4 Å². The second-order valence-corrected chi connectivity index (χ2v) is 6.84. The molecule has 2 aliphatic rings. The van der Waals surface area contributed by atoms with Crippen LogP contribution >= 0.6 is 15.9 Å². The lowest BCUT2D eigenvalue weighted by atomic mass is 10.1. The summed E-state index contributed by atoms with van der Waals surface area (Å²) in [5, 5.41) is 0. The van der Waals surface area contributed by atoms with Gasteiger partial charge >= 0.3 is 5.97 Å². The number of aliphatic imine (C=N–C) groups is 1. The largest absolute Gasteiger partial charge is 0.493 e. The van der Waals surface area contributed by atoms with Gasteiger partial charge in [0.05, 0.1) is 25.8 Å². The Bertz CT molecular complexity index is 1040. The molecule has 0 unspecified atom stereocenters. The molecule has 0 aliphatic carbocycles. The van der Waals surface area contributed by atoms with Gasteiger partial charge in [-0.2, -0.15) is 0 Å². The van der Waals surface area contributed by atoms with Gasteiger partial charge in [-0.15, -0.1) is 0 Å². The molecule has 2 aromatic rings. The summed E-state index contributed by atoms with van der Waals surface area (Å²) in [6, 6.07) is 6.89. The fourth-order valence-corrected chi connectivity index (χ4v) is 3.54. The van der Waals surface area contributed by atoms with E-state index >= 15 is 0 Å². The molecule has 0 N–H and O–H groups in total. The highest BCUT2D eigenvalue weighted by Gasteiger charge is 2.27. The zero-order valence-electron chi connectivity index (χ0n) is 15.8. The fourth-order valence-electron chi connectivity index (χ4n) is 2.97. The number of hydrogen-bond acceptors (Lipinski definition) is 8. The van der Waals surface area contributed by atoms with Gasteiger partial charge in [0.1, 0.15) is 0 Å². The van der Waals surface area contributed by atoms with E-state index in [0.717, 1.165) is 4.47 Å². The zero-order chi connectivity index (χ0) is 20.5. The van der Waals surface area contributed by atoms with Crippen molar-refractivity contribution in [2.75, 3.05) is 28.1 Å². The van der Waals surface area contributed by atoms with Crippen molar-refractivity contribution in [2.24, 2.45) is 4.99 Å². The Morgan fingerprint density at radius 1 is 1.03 bits per heavy atom. The Hall–Kier alpha value is -3.20. The molecule has 2 aromatic carbocycles. The van der Waals surface area contributed by atoms with Crippen LogP contribution < -0.4 is 23.7 Å². The minimum atomic E-state index is -0.567. The molecule has 0 atom stereocenters. The fraction of sp³-hybridized carbons (Fsp3) is 0.200. The number of halogens is 1. The van der Waals surface area contributed by atoms with Gasteiger partial charge in [-0.1, -0.05) is 0 Å². The van der Waals surface area contributed by atoms with Crippen LogP contribution in [0.4, 0.5) is 0 Å². The summed E-state index contributed by atoms with van der Waals surface area (Å²) in [6.45, 7) is 0.152. The van der Waals surface area contributed by atoms with Crippen molar-refractivity contribution >= 4 is 33.9 Å². The van der Waals surface area contributed by atoms with Crippen molar-refractivity contribution in [1.82, 2.24) is 0 Å². The first-order chi connectivity index (χ1) is 14.0. The smallest absolute Gasteiger partial charge is 0.363 e. The second kappa shape index (κ2) is 7.67. The molecule has 0 saturated carbocycles. The molecule has 0 saturated heterocycles. The Labute approximate surface area is 174 Å². The number of methoxy groups -OCH3 is 3. The third kappa shape index (κ3) is 3.49. The Morgan fingerprint density at radius 2 is 1.76 bits per heavy atom. The molecule has 2 aliphatic heterocycles. The van der Waals surface area contributed by atoms with Crippen molar-refractivity contribution in [2.45, 2.75) is 0 Å². The number of carbonyl (C=O) groups is 1. The topological polar surface area (TPSA) is 84.8 Å². The summed E-state index contributed by atoms with van der Waals surface area (Å²) in [5.74, 6) is 2.08. The van der Waals surface area contributed by atoms with Crippen LogP contribution in [0.1, 0.15) is 11.1 Å². The second-order valence-electron chi connectivity index (χ2n) is 5.99. The molecule has 2 heterocycles. The van der Waals surface area contributed by atoms with E-state index in [1.165, 1.54) is 21.3 Å². The molecule has 0 bridgehead atoms. The van der Waals surface area contributed by atoms with E-state index in [4.69, 9.17) is 28.4 Å². The van der Waals surface area contributed by atoms with Gasteiger partial charge in [0.15, 0.2) is 28.7 Å². The summed E-state index contributed by atoms with van der Waals surface area (Å²) in [6.07, 6.45) is 1.61. The monoisotopic (exact) mass is 461 g/mol. The molecular formula is C20H16BrNO7. The SMILES string of the molecule is COc1cc(C2=N/C(=C\c3cc(Br)c4c(c3)OCO4)C(=O)O2)cc(OC)c1OC. The highest BCUT2D eigenvalue weighted by atomic mass is 79.9. The number of carbonyl (C=O) groups excluding carboxylic acids is 1. The van der Waals surface area contributed by atoms with Gasteiger partial charge < -0.3 is 28.4 Å². The number of ether oxygens (including phenoxy) is 6. The Balaban J connectivity index is 1.71. The number of rotatable bonds is 5. The van der Waals surface area contributed by atoms with Crippen LogP contribution in [-0.4, -0.2) is 40.0 Å². The first kappa shape index (κ1) is 19.1. The molecule has 8 nitrogen and oxygen atoms in total. The molecule has 0 aromatic heterocycles. The molecule has 0 amide bonds. The maximum atomic E-state index is 12.4. The number of nitrogens with zero attached hydrogens (tertiary/aromatic N) is 1. The molecule has 0 radical (unpaired) electrons. The van der Waals surface area contributed by atoms with E-state index in [0.29, 0.717) is 39.9 Å². The zero-order valence-corrected chi connectivity index (χ0v) is 17.4. The lowest BCUT2D eigenvalue weighted by Gasteiger charge is -2.13. The lowest BCUT2D eigenvalue weighted by molar-refractivity contribution is -0.129. The third-order valence-corrected chi connectivity index (χ3v) is 4.87. The van der Waals surface area contributed by atoms with Gasteiger partial charge in [-0.25, -0.2) is 9.79 Å². The van der Waals surface area contributed by atoms with Crippen molar-refractivity contribution in [3.63, 3.8) is 0 Å². The minimum Gasteiger partial charge on any atom is -0.493 e. The number of hydrogen-bond donors (Lipinski definition) is 0. The molecule has 29 heavy (non-hydrogen) atoms. The average molecular weight is 462 g/mol. The molecule has 0 fully saturated rings. The van der Waals surface area contributed by atoms with E-state index in [1.54, 1.807) is 30.3 Å². The van der Waals surface area contributed by atoms with Crippen LogP contribution in [0.25, 0.3) is 6.08 Å². The normalized spacial score (nSPS) is 15.9. The van der Waals surface area contributed by atoms with Crippen LogP contribution in [-0.2, 0) is 9.53 Å². The maximum absolute atomic E-state index is 12.4. The standard InChI is InChI=1S/C20H16BrNO7/c1-24-14-7-11(8-15(25-2)18(14)26-3)19-22-13(20(23)29-19)5-10-4-12(21)17-16(6-10)27-9-28-17/h4-8H,9H2,1-3H3/b13-5-.